The van der Waals surface area contributed by atoms with Crippen molar-refractivity contribution in [3.63, 3.8) is 0 Å². The molecule has 18 heavy (non-hydrogen) atoms. The first kappa shape index (κ1) is 11.1. The zero-order chi connectivity index (χ0) is 12.7. The van der Waals surface area contributed by atoms with Gasteiger partial charge in [0.2, 0.25) is 0 Å². The lowest BCUT2D eigenvalue weighted by molar-refractivity contribution is 1.22. The summed E-state index contributed by atoms with van der Waals surface area (Å²) in [6.07, 6.45) is 0. The lowest BCUT2D eigenvalue weighted by Crippen LogP contribution is -1.99. The first-order chi connectivity index (χ1) is 8.63. The van der Waals surface area contributed by atoms with Crippen LogP contribution in [0.1, 0.15) is 5.56 Å². The van der Waals surface area contributed by atoms with Crippen LogP contribution in [-0.2, 0) is 0 Å². The molecule has 1 heterocycles. The van der Waals surface area contributed by atoms with Crippen molar-refractivity contribution in [1.82, 2.24) is 9.97 Å². The highest BCUT2D eigenvalue weighted by Crippen LogP contribution is 2.28. The molecule has 0 saturated carbocycles. The molecule has 3 nitrogen and oxygen atoms in total. The molecule has 3 aromatic rings. The van der Waals surface area contributed by atoms with Crippen molar-refractivity contribution in [3.05, 3.63) is 57.5 Å². The van der Waals surface area contributed by atoms with E-state index in [2.05, 4.69) is 9.97 Å². The summed E-state index contributed by atoms with van der Waals surface area (Å²) in [4.78, 5) is 16.7. The Bertz CT molecular complexity index is 786. The summed E-state index contributed by atoms with van der Waals surface area (Å²) in [6, 6.07) is 11.6. The number of halogens is 1. The monoisotopic (exact) mass is 258 g/mol. The van der Waals surface area contributed by atoms with Crippen LogP contribution in [-0.4, -0.2) is 9.97 Å². The Hall–Kier alpha value is -2.00. The van der Waals surface area contributed by atoms with Gasteiger partial charge in [-0.2, -0.15) is 0 Å². The molecule has 3 rings (SSSR count). The molecule has 2 aromatic carbocycles. The first-order valence-electron chi connectivity index (χ1n) is 5.62. The smallest absolute Gasteiger partial charge is 0.306 e. The maximum atomic E-state index is 11.2. The summed E-state index contributed by atoms with van der Waals surface area (Å²) in [6.45, 7) is 2.04. The Morgan fingerprint density at radius 2 is 1.78 bits per heavy atom. The fourth-order valence-electron chi connectivity index (χ4n) is 2.11. The van der Waals surface area contributed by atoms with Crippen molar-refractivity contribution < 1.29 is 0 Å². The summed E-state index contributed by atoms with van der Waals surface area (Å²) in [5, 5.41) is 0.707. The number of H-pyrrole nitrogens is 2. The van der Waals surface area contributed by atoms with Gasteiger partial charge in [0, 0.05) is 5.02 Å². The van der Waals surface area contributed by atoms with E-state index in [-0.39, 0.29) is 5.69 Å². The molecular weight excluding hydrogens is 248 g/mol. The average molecular weight is 259 g/mol. The highest BCUT2D eigenvalue weighted by Gasteiger charge is 2.05. The minimum atomic E-state index is -0.190. The van der Waals surface area contributed by atoms with E-state index in [1.165, 1.54) is 0 Å². The van der Waals surface area contributed by atoms with Gasteiger partial charge < -0.3 is 9.97 Å². The van der Waals surface area contributed by atoms with E-state index in [0.29, 0.717) is 5.02 Å². The van der Waals surface area contributed by atoms with Crippen molar-refractivity contribution in [2.24, 2.45) is 0 Å². The fourth-order valence-corrected chi connectivity index (χ4v) is 2.28. The first-order valence-corrected chi connectivity index (χ1v) is 6.00. The summed E-state index contributed by atoms with van der Waals surface area (Å²) in [5.74, 6) is 0. The van der Waals surface area contributed by atoms with E-state index < -0.39 is 0 Å². The Balaban J connectivity index is 2.24. The average Bonchev–Trinajstić information content (AvgIpc) is 2.71. The van der Waals surface area contributed by atoms with E-state index >= 15 is 0 Å². The Morgan fingerprint density at radius 1 is 1.00 bits per heavy atom. The molecule has 0 saturated heterocycles. The van der Waals surface area contributed by atoms with Crippen LogP contribution in [0.2, 0.25) is 5.02 Å². The lowest BCUT2D eigenvalue weighted by Gasteiger charge is -2.06. The molecule has 0 unspecified atom stereocenters. The molecule has 0 aliphatic rings. The quantitative estimate of drug-likeness (QED) is 0.690. The second kappa shape index (κ2) is 4.03. The third kappa shape index (κ3) is 1.83. The highest BCUT2D eigenvalue weighted by molar-refractivity contribution is 6.30. The molecule has 0 spiro atoms. The predicted molar refractivity (Wildman–Crippen MR) is 74.1 cm³/mol. The lowest BCUT2D eigenvalue weighted by atomic mass is 10.0. The maximum absolute atomic E-state index is 11.2. The van der Waals surface area contributed by atoms with Crippen LogP contribution in [0, 0.1) is 6.92 Å². The van der Waals surface area contributed by atoms with E-state index in [4.69, 9.17) is 11.6 Å². The van der Waals surface area contributed by atoms with Gasteiger partial charge in [0.25, 0.3) is 0 Å². The number of aryl methyl sites for hydroxylation is 1. The van der Waals surface area contributed by atoms with Crippen molar-refractivity contribution in [2.45, 2.75) is 6.92 Å². The summed E-state index contributed by atoms with van der Waals surface area (Å²) in [7, 11) is 0. The number of fused-ring (bicyclic) bond motifs is 1. The second-order valence-corrected chi connectivity index (χ2v) is 4.74. The van der Waals surface area contributed by atoms with Gasteiger partial charge in [-0.05, 0) is 47.9 Å². The van der Waals surface area contributed by atoms with Crippen LogP contribution >= 0.6 is 11.6 Å². The normalized spacial score (nSPS) is 11.0. The van der Waals surface area contributed by atoms with Gasteiger partial charge in [-0.3, -0.25) is 0 Å². The summed E-state index contributed by atoms with van der Waals surface area (Å²) in [5.41, 5.74) is 4.69. The third-order valence-corrected chi connectivity index (χ3v) is 3.26. The fraction of sp³-hybridized carbons (Fsp3) is 0.0714. The van der Waals surface area contributed by atoms with Gasteiger partial charge in [0.05, 0.1) is 11.0 Å². The number of benzene rings is 2. The molecular formula is C14H11ClN2O. The molecule has 0 aliphatic heterocycles. The number of aromatic amines is 2. The molecule has 90 valence electrons. The predicted octanol–water partition coefficient (Wildman–Crippen LogP) is 3.49. The van der Waals surface area contributed by atoms with Gasteiger partial charge in [-0.15, -0.1) is 0 Å². The Labute approximate surface area is 108 Å². The standard InChI is InChI=1S/C14H11ClN2O/c1-8-2-4-10(15)7-11(8)9-3-5-12-13(6-9)17-14(18)16-12/h2-7H,1H3,(H2,16,17,18). The molecule has 0 aliphatic carbocycles. The number of hydrogen-bond acceptors (Lipinski definition) is 1. The summed E-state index contributed by atoms with van der Waals surface area (Å²) >= 11 is 6.03. The van der Waals surface area contributed by atoms with Crippen LogP contribution in [0.15, 0.2) is 41.2 Å². The van der Waals surface area contributed by atoms with Gasteiger partial charge in [0.1, 0.15) is 0 Å². The van der Waals surface area contributed by atoms with Crippen LogP contribution in [0.5, 0.6) is 0 Å². The van der Waals surface area contributed by atoms with Crippen LogP contribution < -0.4 is 5.69 Å². The van der Waals surface area contributed by atoms with Gasteiger partial charge in [-0.1, -0.05) is 23.7 Å². The maximum Gasteiger partial charge on any atom is 0.323 e. The minimum absolute atomic E-state index is 0.190. The number of nitrogens with one attached hydrogen (secondary N) is 2. The molecule has 2 N–H and O–H groups in total. The topological polar surface area (TPSA) is 48.6 Å². The van der Waals surface area contributed by atoms with E-state index in [1.54, 1.807) is 0 Å². The zero-order valence-electron chi connectivity index (χ0n) is 9.75. The Morgan fingerprint density at radius 3 is 2.61 bits per heavy atom. The van der Waals surface area contributed by atoms with Crippen LogP contribution in [0.3, 0.4) is 0 Å². The molecule has 0 amide bonds. The van der Waals surface area contributed by atoms with E-state index in [1.807, 2.05) is 43.3 Å². The molecule has 4 heteroatoms. The van der Waals surface area contributed by atoms with Crippen molar-refractivity contribution in [3.8, 4) is 11.1 Å². The van der Waals surface area contributed by atoms with Gasteiger partial charge in [0.15, 0.2) is 0 Å². The molecule has 0 radical (unpaired) electrons. The SMILES string of the molecule is Cc1ccc(Cl)cc1-c1ccc2[nH]c(=O)[nH]c2c1. The Kier molecular flexibility index (Phi) is 2.49. The highest BCUT2D eigenvalue weighted by atomic mass is 35.5. The molecule has 0 atom stereocenters. The summed E-state index contributed by atoms with van der Waals surface area (Å²) < 4.78 is 0. The van der Waals surface area contributed by atoms with Crippen molar-refractivity contribution >= 4 is 22.6 Å². The van der Waals surface area contributed by atoms with E-state index in [0.717, 1.165) is 27.7 Å². The van der Waals surface area contributed by atoms with Gasteiger partial charge in [-0.25, -0.2) is 4.79 Å². The molecule has 0 fully saturated rings. The number of aromatic nitrogens is 2. The van der Waals surface area contributed by atoms with Crippen molar-refractivity contribution in [1.29, 1.82) is 0 Å². The zero-order valence-corrected chi connectivity index (χ0v) is 10.5. The molecule has 0 bridgehead atoms. The number of imidazole rings is 1. The second-order valence-electron chi connectivity index (χ2n) is 4.30. The largest absolute Gasteiger partial charge is 0.323 e. The number of hydrogen-bond donors (Lipinski definition) is 2. The van der Waals surface area contributed by atoms with E-state index in [9.17, 15) is 4.79 Å². The third-order valence-electron chi connectivity index (χ3n) is 3.03. The van der Waals surface area contributed by atoms with Gasteiger partial charge >= 0.3 is 5.69 Å². The number of rotatable bonds is 1. The molecule has 1 aromatic heterocycles. The van der Waals surface area contributed by atoms with Crippen LogP contribution in [0.25, 0.3) is 22.2 Å². The van der Waals surface area contributed by atoms with Crippen molar-refractivity contribution in [2.75, 3.05) is 0 Å². The van der Waals surface area contributed by atoms with Crippen LogP contribution in [0.4, 0.5) is 0 Å². The minimum Gasteiger partial charge on any atom is -0.306 e.